The number of benzene rings is 2. The van der Waals surface area contributed by atoms with Gasteiger partial charge in [0, 0.05) is 22.8 Å². The molecular weight excluding hydrogens is 356 g/mol. The number of anilines is 3. The van der Waals surface area contributed by atoms with Crippen LogP contribution in [0.2, 0.25) is 0 Å². The zero-order valence-electron chi connectivity index (χ0n) is 14.7. The van der Waals surface area contributed by atoms with E-state index in [-0.39, 0.29) is 5.91 Å². The monoisotopic (exact) mass is 374 g/mol. The van der Waals surface area contributed by atoms with Crippen LogP contribution in [0.1, 0.15) is 15.5 Å². The Labute approximate surface area is 161 Å². The zero-order valence-corrected chi connectivity index (χ0v) is 15.5. The van der Waals surface area contributed by atoms with E-state index >= 15 is 0 Å². The molecule has 2 heterocycles. The molecule has 0 aliphatic carbocycles. The number of thiazole rings is 1. The summed E-state index contributed by atoms with van der Waals surface area (Å²) in [7, 11) is 0. The second kappa shape index (κ2) is 7.47. The normalized spacial score (nSPS) is 10.6. The summed E-state index contributed by atoms with van der Waals surface area (Å²) in [5.41, 5.74) is 4.77. The lowest BCUT2D eigenvalue weighted by atomic mass is 10.2. The van der Waals surface area contributed by atoms with Crippen molar-refractivity contribution in [2.45, 2.75) is 6.92 Å². The standard InChI is InChI=1S/C21H18N4OS/c1-14-23-20(13-27-14)15-11-19(22-12-15)21(26)25-18-10-6-5-9-17(18)24-16-7-3-2-4-8-16/h2-13,22,24H,1H3,(H,25,26). The molecule has 6 heteroatoms. The third kappa shape index (κ3) is 3.91. The Morgan fingerprint density at radius 2 is 1.78 bits per heavy atom. The van der Waals surface area contributed by atoms with Crippen LogP contribution in [0.15, 0.2) is 72.2 Å². The van der Waals surface area contributed by atoms with Crippen molar-refractivity contribution in [2.75, 3.05) is 10.6 Å². The molecule has 5 nitrogen and oxygen atoms in total. The van der Waals surface area contributed by atoms with Gasteiger partial charge in [-0.25, -0.2) is 4.98 Å². The molecule has 0 aliphatic rings. The number of rotatable bonds is 5. The summed E-state index contributed by atoms with van der Waals surface area (Å²) in [6.45, 7) is 1.96. The van der Waals surface area contributed by atoms with Gasteiger partial charge in [-0.15, -0.1) is 11.3 Å². The van der Waals surface area contributed by atoms with E-state index in [1.807, 2.05) is 73.0 Å². The second-order valence-electron chi connectivity index (χ2n) is 6.04. The molecule has 134 valence electrons. The molecule has 0 radical (unpaired) electrons. The summed E-state index contributed by atoms with van der Waals surface area (Å²) in [5.74, 6) is -0.199. The number of H-pyrrole nitrogens is 1. The highest BCUT2D eigenvalue weighted by atomic mass is 32.1. The van der Waals surface area contributed by atoms with Crippen LogP contribution in [-0.4, -0.2) is 15.9 Å². The summed E-state index contributed by atoms with van der Waals surface area (Å²) in [6.07, 6.45) is 1.80. The van der Waals surface area contributed by atoms with Gasteiger partial charge in [-0.2, -0.15) is 0 Å². The maximum absolute atomic E-state index is 12.7. The molecule has 0 aliphatic heterocycles. The Bertz CT molecular complexity index is 1070. The molecule has 2 aromatic heterocycles. The van der Waals surface area contributed by atoms with E-state index in [1.165, 1.54) is 0 Å². The number of nitrogens with one attached hydrogen (secondary N) is 3. The van der Waals surface area contributed by atoms with E-state index in [9.17, 15) is 4.79 Å². The first-order chi connectivity index (χ1) is 13.2. The molecule has 3 N–H and O–H groups in total. The maximum atomic E-state index is 12.7. The summed E-state index contributed by atoms with van der Waals surface area (Å²) < 4.78 is 0. The predicted molar refractivity (Wildman–Crippen MR) is 111 cm³/mol. The lowest BCUT2D eigenvalue weighted by molar-refractivity contribution is 0.102. The van der Waals surface area contributed by atoms with E-state index in [4.69, 9.17) is 0 Å². The first-order valence-electron chi connectivity index (χ1n) is 8.52. The number of aromatic amines is 1. The highest BCUT2D eigenvalue weighted by molar-refractivity contribution is 7.09. The topological polar surface area (TPSA) is 69.8 Å². The van der Waals surface area contributed by atoms with Gasteiger partial charge >= 0.3 is 0 Å². The number of aromatic nitrogens is 2. The number of hydrogen-bond acceptors (Lipinski definition) is 4. The number of amides is 1. The van der Waals surface area contributed by atoms with Crippen molar-refractivity contribution in [1.29, 1.82) is 0 Å². The van der Waals surface area contributed by atoms with Crippen molar-refractivity contribution >= 4 is 34.3 Å². The van der Waals surface area contributed by atoms with Crippen LogP contribution >= 0.6 is 11.3 Å². The van der Waals surface area contributed by atoms with Crippen molar-refractivity contribution in [3.63, 3.8) is 0 Å². The van der Waals surface area contributed by atoms with Crippen molar-refractivity contribution in [2.24, 2.45) is 0 Å². The SMILES string of the molecule is Cc1nc(-c2c[nH]c(C(=O)Nc3ccccc3Nc3ccccc3)c2)cs1. The van der Waals surface area contributed by atoms with Gasteiger partial charge < -0.3 is 15.6 Å². The fourth-order valence-corrected chi connectivity index (χ4v) is 3.36. The van der Waals surface area contributed by atoms with Crippen LogP contribution in [0.3, 0.4) is 0 Å². The lowest BCUT2D eigenvalue weighted by Crippen LogP contribution is -2.13. The minimum atomic E-state index is -0.199. The van der Waals surface area contributed by atoms with E-state index < -0.39 is 0 Å². The Morgan fingerprint density at radius 1 is 1.04 bits per heavy atom. The Kier molecular flexibility index (Phi) is 4.72. The second-order valence-corrected chi connectivity index (χ2v) is 7.11. The van der Waals surface area contributed by atoms with Crippen LogP contribution in [-0.2, 0) is 0 Å². The van der Waals surface area contributed by atoms with Crippen LogP contribution in [0, 0.1) is 6.92 Å². The van der Waals surface area contributed by atoms with Gasteiger partial charge in [-0.3, -0.25) is 4.79 Å². The van der Waals surface area contributed by atoms with Gasteiger partial charge in [0.2, 0.25) is 0 Å². The first-order valence-corrected chi connectivity index (χ1v) is 9.40. The molecule has 2 aromatic carbocycles. The van der Waals surface area contributed by atoms with E-state index in [2.05, 4.69) is 20.6 Å². The van der Waals surface area contributed by atoms with Gasteiger partial charge in [0.15, 0.2) is 0 Å². The number of para-hydroxylation sites is 3. The van der Waals surface area contributed by atoms with Gasteiger partial charge in [-0.05, 0) is 37.3 Å². The minimum Gasteiger partial charge on any atom is -0.357 e. The van der Waals surface area contributed by atoms with E-state index in [0.717, 1.165) is 27.6 Å². The van der Waals surface area contributed by atoms with E-state index in [1.54, 1.807) is 17.5 Å². The van der Waals surface area contributed by atoms with Gasteiger partial charge in [0.25, 0.3) is 5.91 Å². The maximum Gasteiger partial charge on any atom is 0.272 e. The largest absolute Gasteiger partial charge is 0.357 e. The predicted octanol–water partition coefficient (Wildman–Crippen LogP) is 5.44. The molecule has 4 aromatic rings. The summed E-state index contributed by atoms with van der Waals surface area (Å²) in [4.78, 5) is 20.2. The number of carbonyl (C=O) groups excluding carboxylic acids is 1. The summed E-state index contributed by atoms with van der Waals surface area (Å²) >= 11 is 1.59. The molecule has 0 fully saturated rings. The third-order valence-electron chi connectivity index (χ3n) is 4.07. The highest BCUT2D eigenvalue weighted by Crippen LogP contribution is 2.26. The summed E-state index contributed by atoms with van der Waals surface area (Å²) in [6, 6.07) is 19.3. The van der Waals surface area contributed by atoms with Crippen molar-refractivity contribution in [3.8, 4) is 11.3 Å². The van der Waals surface area contributed by atoms with Crippen LogP contribution in [0.5, 0.6) is 0 Å². The smallest absolute Gasteiger partial charge is 0.272 e. The molecule has 0 saturated heterocycles. The van der Waals surface area contributed by atoms with Crippen molar-refractivity contribution < 1.29 is 4.79 Å². The number of carbonyl (C=O) groups is 1. The zero-order chi connectivity index (χ0) is 18.6. The van der Waals surface area contributed by atoms with E-state index in [0.29, 0.717) is 11.4 Å². The molecule has 0 spiro atoms. The molecule has 0 bridgehead atoms. The summed E-state index contributed by atoms with van der Waals surface area (Å²) in [5, 5.41) is 9.28. The molecular formula is C21H18N4OS. The van der Waals surface area contributed by atoms with Crippen molar-refractivity contribution in [3.05, 3.63) is 82.9 Å². The van der Waals surface area contributed by atoms with Crippen LogP contribution < -0.4 is 10.6 Å². The molecule has 4 rings (SSSR count). The molecule has 0 unspecified atom stereocenters. The average Bonchev–Trinajstić information content (AvgIpc) is 3.33. The van der Waals surface area contributed by atoms with Crippen molar-refractivity contribution in [1.82, 2.24) is 9.97 Å². The fourth-order valence-electron chi connectivity index (χ4n) is 2.74. The first kappa shape index (κ1) is 17.1. The van der Waals surface area contributed by atoms with Gasteiger partial charge in [-0.1, -0.05) is 30.3 Å². The highest BCUT2D eigenvalue weighted by Gasteiger charge is 2.13. The lowest BCUT2D eigenvalue weighted by Gasteiger charge is -2.12. The van der Waals surface area contributed by atoms with Gasteiger partial charge in [0.05, 0.1) is 22.1 Å². The molecule has 27 heavy (non-hydrogen) atoms. The fraction of sp³-hybridized carbons (Fsp3) is 0.0476. The Hall–Kier alpha value is -3.38. The average molecular weight is 374 g/mol. The number of hydrogen-bond donors (Lipinski definition) is 3. The quantitative estimate of drug-likeness (QED) is 0.435. The molecule has 0 saturated carbocycles. The molecule has 0 atom stereocenters. The number of nitrogens with zero attached hydrogens (tertiary/aromatic N) is 1. The third-order valence-corrected chi connectivity index (χ3v) is 4.84. The Balaban J connectivity index is 1.53. The Morgan fingerprint density at radius 3 is 2.52 bits per heavy atom. The minimum absolute atomic E-state index is 0.199. The number of aryl methyl sites for hydroxylation is 1. The van der Waals surface area contributed by atoms with Crippen LogP contribution in [0.25, 0.3) is 11.3 Å². The van der Waals surface area contributed by atoms with Crippen LogP contribution in [0.4, 0.5) is 17.1 Å². The molecule has 1 amide bonds. The van der Waals surface area contributed by atoms with Gasteiger partial charge in [0.1, 0.15) is 5.69 Å².